The molecule has 0 bridgehead atoms. The van der Waals surface area contributed by atoms with Crippen LogP contribution in [0.25, 0.3) is 0 Å². The van der Waals surface area contributed by atoms with Gasteiger partial charge < -0.3 is 21.1 Å². The molecule has 2 aliphatic heterocycles. The molecule has 2 amide bonds. The van der Waals surface area contributed by atoms with Gasteiger partial charge in [0.15, 0.2) is 0 Å². The maximum absolute atomic E-state index is 11.5. The fourth-order valence-electron chi connectivity index (χ4n) is 2.00. The molecule has 2 aliphatic rings. The molecule has 0 aliphatic carbocycles. The second-order valence-electron chi connectivity index (χ2n) is 3.68. The molecule has 1 fully saturated rings. The molecule has 82 valence electrons. The Bertz CT molecular complexity index is 351. The van der Waals surface area contributed by atoms with Crippen LogP contribution in [-0.2, 0) is 9.59 Å². The predicted molar refractivity (Wildman–Crippen MR) is 52.0 cm³/mol. The maximum Gasteiger partial charge on any atom is 0.260 e. The summed E-state index contributed by atoms with van der Waals surface area (Å²) in [6.07, 6.45) is 0. The first-order chi connectivity index (χ1) is 7.15. The molecule has 2 rings (SSSR count). The first-order valence-electron chi connectivity index (χ1n) is 4.82. The Morgan fingerprint density at radius 1 is 1.53 bits per heavy atom. The van der Waals surface area contributed by atoms with Gasteiger partial charge in [-0.15, -0.1) is 0 Å². The Morgan fingerprint density at radius 2 is 2.27 bits per heavy atom. The predicted octanol–water partition coefficient (Wildman–Crippen LogP) is -1.74. The third-order valence-electron chi connectivity index (χ3n) is 2.82. The van der Waals surface area contributed by atoms with Crippen LogP contribution in [0.2, 0.25) is 0 Å². The molecular formula is C9H13N3O3. The number of amides is 2. The highest BCUT2D eigenvalue weighted by Gasteiger charge is 2.40. The van der Waals surface area contributed by atoms with Crippen LogP contribution < -0.4 is 16.0 Å². The highest BCUT2D eigenvalue weighted by molar-refractivity contribution is 6.19. The van der Waals surface area contributed by atoms with Gasteiger partial charge in [0.25, 0.3) is 11.8 Å². The van der Waals surface area contributed by atoms with Crippen LogP contribution in [0.3, 0.4) is 0 Å². The van der Waals surface area contributed by atoms with Crippen molar-refractivity contribution >= 4 is 11.8 Å². The molecule has 0 aromatic rings. The lowest BCUT2D eigenvalue weighted by Crippen LogP contribution is -2.49. The molecule has 0 aromatic carbocycles. The molecule has 6 nitrogen and oxygen atoms in total. The van der Waals surface area contributed by atoms with E-state index in [0.717, 1.165) is 0 Å². The Labute approximate surface area is 86.7 Å². The fraction of sp³-hybridized carbons (Fsp3) is 0.556. The van der Waals surface area contributed by atoms with Crippen LogP contribution in [0.15, 0.2) is 11.3 Å². The molecule has 2 unspecified atom stereocenters. The average Bonchev–Trinajstić information content (AvgIpc) is 2.65. The van der Waals surface area contributed by atoms with Crippen molar-refractivity contribution in [2.45, 2.75) is 6.04 Å². The van der Waals surface area contributed by atoms with Gasteiger partial charge in [0.1, 0.15) is 11.3 Å². The van der Waals surface area contributed by atoms with Gasteiger partial charge in [-0.2, -0.15) is 0 Å². The van der Waals surface area contributed by atoms with Gasteiger partial charge in [-0.05, 0) is 0 Å². The quantitative estimate of drug-likeness (QED) is 0.388. The van der Waals surface area contributed by atoms with E-state index in [-0.39, 0.29) is 23.3 Å². The molecule has 6 heteroatoms. The number of carbonyl (C=O) groups excluding carboxylic acids is 2. The van der Waals surface area contributed by atoms with Gasteiger partial charge in [0.2, 0.25) is 0 Å². The monoisotopic (exact) mass is 211 g/mol. The number of hydrogen-bond donors (Lipinski definition) is 4. The molecule has 0 aromatic heterocycles. The van der Waals surface area contributed by atoms with E-state index in [1.807, 2.05) is 0 Å². The van der Waals surface area contributed by atoms with Crippen molar-refractivity contribution in [3.8, 4) is 0 Å². The Kier molecular flexibility index (Phi) is 2.36. The summed E-state index contributed by atoms with van der Waals surface area (Å²) in [6.45, 7) is 1.21. The van der Waals surface area contributed by atoms with Gasteiger partial charge in [-0.25, -0.2) is 0 Å². The molecule has 4 N–H and O–H groups in total. The van der Waals surface area contributed by atoms with E-state index in [1.165, 1.54) is 7.05 Å². The minimum atomic E-state index is -0.546. The Balaban J connectivity index is 2.37. The van der Waals surface area contributed by atoms with Crippen LogP contribution >= 0.6 is 0 Å². The zero-order valence-corrected chi connectivity index (χ0v) is 8.33. The van der Waals surface area contributed by atoms with Crippen molar-refractivity contribution in [1.29, 1.82) is 0 Å². The number of aliphatic hydroxyl groups excluding tert-OH is 1. The van der Waals surface area contributed by atoms with Crippen molar-refractivity contribution in [3.63, 3.8) is 0 Å². The van der Waals surface area contributed by atoms with Gasteiger partial charge >= 0.3 is 0 Å². The second-order valence-corrected chi connectivity index (χ2v) is 3.68. The van der Waals surface area contributed by atoms with Crippen LogP contribution in [-0.4, -0.2) is 43.1 Å². The number of likely N-dealkylation sites (N-methyl/N-ethyl adjacent to an activating group) is 1. The smallest absolute Gasteiger partial charge is 0.260 e. The first-order valence-corrected chi connectivity index (χ1v) is 4.82. The summed E-state index contributed by atoms with van der Waals surface area (Å²) in [6, 6.07) is -0.106. The van der Waals surface area contributed by atoms with Gasteiger partial charge in [0, 0.05) is 20.1 Å². The first kappa shape index (κ1) is 9.97. The maximum atomic E-state index is 11.5. The summed E-state index contributed by atoms with van der Waals surface area (Å²) < 4.78 is 0. The third kappa shape index (κ3) is 1.46. The van der Waals surface area contributed by atoms with Gasteiger partial charge in [-0.3, -0.25) is 9.59 Å². The average molecular weight is 211 g/mol. The Hall–Kier alpha value is -1.56. The minimum Gasteiger partial charge on any atom is -0.511 e. The van der Waals surface area contributed by atoms with E-state index in [2.05, 4.69) is 16.0 Å². The van der Waals surface area contributed by atoms with Gasteiger partial charge in [0.05, 0.1) is 12.0 Å². The van der Waals surface area contributed by atoms with E-state index in [0.29, 0.717) is 13.1 Å². The van der Waals surface area contributed by atoms with E-state index in [9.17, 15) is 14.7 Å². The third-order valence-corrected chi connectivity index (χ3v) is 2.82. The van der Waals surface area contributed by atoms with Crippen LogP contribution in [0, 0.1) is 5.92 Å². The zero-order chi connectivity index (χ0) is 11.0. The highest BCUT2D eigenvalue weighted by Crippen LogP contribution is 2.24. The van der Waals surface area contributed by atoms with E-state index >= 15 is 0 Å². The number of carbonyl (C=O) groups is 2. The van der Waals surface area contributed by atoms with Crippen molar-refractivity contribution < 1.29 is 14.7 Å². The molecule has 0 spiro atoms. The summed E-state index contributed by atoms with van der Waals surface area (Å²) in [4.78, 5) is 22.9. The lowest BCUT2D eigenvalue weighted by atomic mass is 9.92. The van der Waals surface area contributed by atoms with Crippen molar-refractivity contribution in [2.75, 3.05) is 20.1 Å². The number of rotatable bonds is 1. The zero-order valence-electron chi connectivity index (χ0n) is 8.33. The minimum absolute atomic E-state index is 0.104. The molecule has 1 saturated heterocycles. The summed E-state index contributed by atoms with van der Waals surface area (Å²) in [5.41, 5.74) is -0.164. The molecule has 0 saturated carbocycles. The largest absolute Gasteiger partial charge is 0.511 e. The van der Waals surface area contributed by atoms with Crippen LogP contribution in [0.1, 0.15) is 0 Å². The van der Waals surface area contributed by atoms with Crippen molar-refractivity contribution in [2.24, 2.45) is 5.92 Å². The molecular weight excluding hydrogens is 198 g/mol. The molecule has 2 atom stereocenters. The van der Waals surface area contributed by atoms with E-state index < -0.39 is 11.8 Å². The topological polar surface area (TPSA) is 90.5 Å². The second kappa shape index (κ2) is 3.54. The van der Waals surface area contributed by atoms with Crippen LogP contribution in [0.5, 0.6) is 0 Å². The highest BCUT2D eigenvalue weighted by atomic mass is 16.3. The molecule has 2 heterocycles. The fourth-order valence-corrected chi connectivity index (χ4v) is 2.00. The van der Waals surface area contributed by atoms with Crippen LogP contribution in [0.4, 0.5) is 0 Å². The number of hydrogen-bond acceptors (Lipinski definition) is 4. The summed E-state index contributed by atoms with van der Waals surface area (Å²) >= 11 is 0. The van der Waals surface area contributed by atoms with Gasteiger partial charge in [-0.1, -0.05) is 0 Å². The van der Waals surface area contributed by atoms with Crippen molar-refractivity contribution in [1.82, 2.24) is 16.0 Å². The number of aliphatic hydroxyl groups is 1. The molecule has 0 radical (unpaired) electrons. The normalized spacial score (nSPS) is 29.8. The van der Waals surface area contributed by atoms with E-state index in [1.54, 1.807) is 0 Å². The lowest BCUT2D eigenvalue weighted by molar-refractivity contribution is -0.125. The van der Waals surface area contributed by atoms with Crippen molar-refractivity contribution in [3.05, 3.63) is 11.3 Å². The lowest BCUT2D eigenvalue weighted by Gasteiger charge is -2.26. The summed E-state index contributed by atoms with van der Waals surface area (Å²) in [5, 5.41) is 17.9. The summed E-state index contributed by atoms with van der Waals surface area (Å²) in [7, 11) is 1.43. The number of nitrogens with one attached hydrogen (secondary N) is 3. The SMILES string of the molecule is CNC(=O)C1=C(O)C2CNCC2NC1=O. The Morgan fingerprint density at radius 3 is 2.93 bits per heavy atom. The number of fused-ring (bicyclic) bond motifs is 1. The standard InChI is InChI=1S/C9H13N3O3/c1-10-8(14)6-7(13)4-2-11-3-5(4)12-9(6)15/h4-5,11,13H,2-3H2,1H3,(H,10,14)(H,12,15). The van der Waals surface area contributed by atoms with E-state index in [4.69, 9.17) is 0 Å². The summed E-state index contributed by atoms with van der Waals surface area (Å²) in [5.74, 6) is -1.34. The molecule has 15 heavy (non-hydrogen) atoms.